The van der Waals surface area contributed by atoms with Gasteiger partial charge < -0.3 is 4.90 Å². The van der Waals surface area contributed by atoms with Crippen LogP contribution < -0.4 is 0 Å². The topological polar surface area (TPSA) is 33.2 Å². The minimum absolute atomic E-state index is 0.0756. The zero-order valence-corrected chi connectivity index (χ0v) is 13.5. The first-order valence-corrected chi connectivity index (χ1v) is 7.62. The van der Waals surface area contributed by atoms with Crippen molar-refractivity contribution in [1.29, 1.82) is 0 Å². The van der Waals surface area contributed by atoms with Crippen molar-refractivity contribution < 1.29 is 4.79 Å². The molecule has 0 bridgehead atoms. The summed E-state index contributed by atoms with van der Waals surface area (Å²) in [6.07, 6.45) is 2.16. The van der Waals surface area contributed by atoms with Gasteiger partial charge in [0.05, 0.1) is 0 Å². The van der Waals surface area contributed by atoms with Gasteiger partial charge >= 0.3 is 0 Å². The number of halogens is 1. The van der Waals surface area contributed by atoms with E-state index in [0.29, 0.717) is 16.6 Å². The van der Waals surface area contributed by atoms with Crippen LogP contribution in [0.2, 0.25) is 5.15 Å². The van der Waals surface area contributed by atoms with Crippen molar-refractivity contribution in [3.05, 3.63) is 28.5 Å². The number of nitrogens with zero attached hydrogens (tertiary/aromatic N) is 2. The minimum Gasteiger partial charge on any atom is -0.339 e. The first-order chi connectivity index (χ1) is 9.27. The molecule has 0 radical (unpaired) electrons. The molecule has 110 valence electrons. The summed E-state index contributed by atoms with van der Waals surface area (Å²) in [5.74, 6) is 0.789. The zero-order chi connectivity index (χ0) is 14.9. The van der Waals surface area contributed by atoms with Gasteiger partial charge in [-0.1, -0.05) is 39.3 Å². The Morgan fingerprint density at radius 3 is 2.45 bits per heavy atom. The van der Waals surface area contributed by atoms with Gasteiger partial charge in [0.15, 0.2) is 0 Å². The molecule has 0 N–H and O–H groups in total. The summed E-state index contributed by atoms with van der Waals surface area (Å²) in [7, 11) is 0. The Hall–Kier alpha value is -1.09. The molecular weight excluding hydrogens is 272 g/mol. The van der Waals surface area contributed by atoms with E-state index in [9.17, 15) is 4.79 Å². The molecule has 3 nitrogen and oxygen atoms in total. The van der Waals surface area contributed by atoms with E-state index in [1.165, 1.54) is 0 Å². The Bertz CT molecular complexity index is 500. The van der Waals surface area contributed by atoms with Crippen LogP contribution in [0.4, 0.5) is 0 Å². The number of pyridine rings is 1. The number of aromatic nitrogens is 1. The van der Waals surface area contributed by atoms with Gasteiger partial charge in [0, 0.05) is 29.8 Å². The van der Waals surface area contributed by atoms with Crippen LogP contribution in [0.15, 0.2) is 12.1 Å². The van der Waals surface area contributed by atoms with Gasteiger partial charge in [-0.3, -0.25) is 4.79 Å². The molecule has 0 atom stereocenters. The molecule has 0 unspecified atom stereocenters. The van der Waals surface area contributed by atoms with Crippen molar-refractivity contribution in [3.63, 3.8) is 0 Å². The summed E-state index contributed by atoms with van der Waals surface area (Å²) in [6, 6.07) is 3.56. The monoisotopic (exact) mass is 294 g/mol. The van der Waals surface area contributed by atoms with E-state index < -0.39 is 0 Å². The summed E-state index contributed by atoms with van der Waals surface area (Å²) in [5.41, 5.74) is 1.40. The Kier molecular flexibility index (Phi) is 4.38. The lowest BCUT2D eigenvalue weighted by molar-refractivity contribution is 0.0697. The van der Waals surface area contributed by atoms with Gasteiger partial charge in [0.2, 0.25) is 0 Å². The highest BCUT2D eigenvalue weighted by atomic mass is 35.5. The number of hydrogen-bond donors (Lipinski definition) is 0. The first kappa shape index (κ1) is 15.3. The van der Waals surface area contributed by atoms with Crippen LogP contribution in [0.5, 0.6) is 0 Å². The second kappa shape index (κ2) is 5.72. The highest BCUT2D eigenvalue weighted by molar-refractivity contribution is 6.29. The molecule has 1 aliphatic heterocycles. The third kappa shape index (κ3) is 3.51. The summed E-state index contributed by atoms with van der Waals surface area (Å²) < 4.78 is 0. The highest BCUT2D eigenvalue weighted by Gasteiger charge is 2.24. The van der Waals surface area contributed by atoms with Crippen LogP contribution in [-0.4, -0.2) is 28.9 Å². The lowest BCUT2D eigenvalue weighted by atomic mass is 9.90. The van der Waals surface area contributed by atoms with Gasteiger partial charge in [-0.25, -0.2) is 4.98 Å². The molecule has 0 aromatic carbocycles. The van der Waals surface area contributed by atoms with Crippen molar-refractivity contribution in [2.75, 3.05) is 13.1 Å². The molecular formula is C16H23ClN2O. The van der Waals surface area contributed by atoms with Crippen LogP contribution in [0.3, 0.4) is 0 Å². The Labute approximate surface area is 126 Å². The van der Waals surface area contributed by atoms with E-state index in [1.54, 1.807) is 6.07 Å². The summed E-state index contributed by atoms with van der Waals surface area (Å²) >= 11 is 6.08. The molecule has 2 rings (SSSR count). The predicted octanol–water partition coefficient (Wildman–Crippen LogP) is 3.90. The van der Waals surface area contributed by atoms with Crippen LogP contribution in [0, 0.1) is 5.92 Å². The fraction of sp³-hybridized carbons (Fsp3) is 0.625. The lowest BCUT2D eigenvalue weighted by Crippen LogP contribution is -2.38. The van der Waals surface area contributed by atoms with Crippen LogP contribution in [0.1, 0.15) is 56.6 Å². The lowest BCUT2D eigenvalue weighted by Gasteiger charge is -2.30. The summed E-state index contributed by atoms with van der Waals surface area (Å²) in [4.78, 5) is 18.8. The third-order valence-electron chi connectivity index (χ3n) is 3.88. The molecule has 1 fully saturated rings. The smallest absolute Gasteiger partial charge is 0.254 e. The van der Waals surface area contributed by atoms with Crippen LogP contribution >= 0.6 is 11.6 Å². The van der Waals surface area contributed by atoms with Crippen molar-refractivity contribution in [2.45, 2.75) is 46.0 Å². The van der Waals surface area contributed by atoms with E-state index in [1.807, 2.05) is 11.0 Å². The average Bonchev–Trinajstić information content (AvgIpc) is 2.37. The van der Waals surface area contributed by atoms with Gasteiger partial charge in [-0.15, -0.1) is 0 Å². The molecule has 0 spiro atoms. The summed E-state index contributed by atoms with van der Waals surface area (Å²) in [5, 5.41) is 0.395. The van der Waals surface area contributed by atoms with Crippen molar-refractivity contribution in [3.8, 4) is 0 Å². The van der Waals surface area contributed by atoms with E-state index in [4.69, 9.17) is 11.6 Å². The molecule has 4 heteroatoms. The van der Waals surface area contributed by atoms with Crippen LogP contribution in [0.25, 0.3) is 0 Å². The minimum atomic E-state index is -0.115. The number of carbonyl (C=O) groups is 1. The van der Waals surface area contributed by atoms with Gasteiger partial charge in [0.1, 0.15) is 5.15 Å². The van der Waals surface area contributed by atoms with Gasteiger partial charge in [-0.05, 0) is 30.9 Å². The summed E-state index contributed by atoms with van der Waals surface area (Å²) in [6.45, 7) is 10.1. The predicted molar refractivity (Wildman–Crippen MR) is 82.2 cm³/mol. The highest BCUT2D eigenvalue weighted by Crippen LogP contribution is 2.25. The van der Waals surface area contributed by atoms with Gasteiger partial charge in [-0.2, -0.15) is 0 Å². The largest absolute Gasteiger partial charge is 0.339 e. The molecule has 20 heavy (non-hydrogen) atoms. The maximum absolute atomic E-state index is 12.6. The average molecular weight is 295 g/mol. The fourth-order valence-corrected chi connectivity index (χ4v) is 2.61. The van der Waals surface area contributed by atoms with E-state index >= 15 is 0 Å². The van der Waals surface area contributed by atoms with E-state index in [0.717, 1.165) is 31.6 Å². The molecule has 1 aromatic rings. The SMILES string of the molecule is CC1CCN(C(=O)c2cc(Cl)nc(C(C)(C)C)c2)CC1. The molecule has 0 saturated carbocycles. The first-order valence-electron chi connectivity index (χ1n) is 7.24. The standard InChI is InChI=1S/C16H23ClN2O/c1-11-5-7-19(8-6-11)15(20)12-9-13(16(2,3)4)18-14(17)10-12/h9-11H,5-8H2,1-4H3. The molecule has 2 heterocycles. The maximum Gasteiger partial charge on any atom is 0.254 e. The fourth-order valence-electron chi connectivity index (χ4n) is 2.40. The molecule has 0 aliphatic carbocycles. The normalized spacial score (nSPS) is 17.4. The number of piperidine rings is 1. The molecule has 1 aromatic heterocycles. The van der Waals surface area contributed by atoms with Gasteiger partial charge in [0.25, 0.3) is 5.91 Å². The number of hydrogen-bond acceptors (Lipinski definition) is 2. The number of rotatable bonds is 1. The second-order valence-electron chi connectivity index (χ2n) is 6.79. The Morgan fingerprint density at radius 2 is 1.90 bits per heavy atom. The number of amides is 1. The van der Waals surface area contributed by atoms with E-state index in [-0.39, 0.29) is 11.3 Å². The van der Waals surface area contributed by atoms with Crippen LogP contribution in [-0.2, 0) is 5.41 Å². The number of likely N-dealkylation sites (tertiary alicyclic amines) is 1. The third-order valence-corrected chi connectivity index (χ3v) is 4.07. The van der Waals surface area contributed by atoms with Crippen molar-refractivity contribution in [1.82, 2.24) is 9.88 Å². The number of carbonyl (C=O) groups excluding carboxylic acids is 1. The zero-order valence-electron chi connectivity index (χ0n) is 12.7. The van der Waals surface area contributed by atoms with Crippen molar-refractivity contribution in [2.24, 2.45) is 5.92 Å². The maximum atomic E-state index is 12.6. The Morgan fingerprint density at radius 1 is 1.30 bits per heavy atom. The molecule has 1 saturated heterocycles. The molecule has 1 amide bonds. The second-order valence-corrected chi connectivity index (χ2v) is 7.18. The van der Waals surface area contributed by atoms with E-state index in [2.05, 4.69) is 32.7 Å². The quantitative estimate of drug-likeness (QED) is 0.736. The Balaban J connectivity index is 2.24. The van der Waals surface area contributed by atoms with Crippen molar-refractivity contribution >= 4 is 17.5 Å². The molecule has 1 aliphatic rings.